The minimum absolute atomic E-state index is 0.0864. The Hall–Kier alpha value is -4.43. The molecule has 0 heterocycles. The molecule has 0 unspecified atom stereocenters. The normalized spacial score (nSPS) is 14.7. The van der Waals surface area contributed by atoms with E-state index in [0.717, 1.165) is 32.1 Å². The number of nitrogens with two attached hydrogens (primary N) is 2. The van der Waals surface area contributed by atoms with Crippen LogP contribution in [0.1, 0.15) is 44.9 Å². The molecule has 15 heteroatoms. The molecule has 2 atom stereocenters. The zero-order valence-electron chi connectivity index (χ0n) is 21.8. The fourth-order valence-corrected chi connectivity index (χ4v) is 4.24. The first kappa shape index (κ1) is 30.8. The number of alkyl carbamates (subject to hydrolysis) is 1. The molecule has 0 aromatic heterocycles. The van der Waals surface area contributed by atoms with Crippen molar-refractivity contribution in [3.8, 4) is 0 Å². The standard InChI is InChI=1S/C24H36N8O7/c1-39-24(36)31-20(15-6-3-2-4-7-15)22(35)28-14-19(33)30-18(8-5-13-27-23(25)26)21(34)29-16-9-11-17(12-10-16)32(37)38/h9-12,15,18,20H,2-8,13-14H2,1H3,(H,28,35)(H,29,34)(H,30,33)(H,31,36)(H4,25,26,27)/t18-,20+/m0/s1. The highest BCUT2D eigenvalue weighted by atomic mass is 16.6. The van der Waals surface area contributed by atoms with Gasteiger partial charge >= 0.3 is 6.09 Å². The number of hydrogen-bond donors (Lipinski definition) is 6. The van der Waals surface area contributed by atoms with E-state index in [1.807, 2.05) is 0 Å². The van der Waals surface area contributed by atoms with Crippen LogP contribution in [0.2, 0.25) is 0 Å². The van der Waals surface area contributed by atoms with Crippen molar-refractivity contribution in [1.82, 2.24) is 16.0 Å². The third-order valence-electron chi connectivity index (χ3n) is 6.23. The van der Waals surface area contributed by atoms with Crippen molar-refractivity contribution in [2.24, 2.45) is 22.4 Å². The Morgan fingerprint density at radius 1 is 1.08 bits per heavy atom. The maximum Gasteiger partial charge on any atom is 0.407 e. The van der Waals surface area contributed by atoms with Crippen LogP contribution in [-0.2, 0) is 19.1 Å². The van der Waals surface area contributed by atoms with Crippen LogP contribution in [-0.4, -0.2) is 67.0 Å². The summed E-state index contributed by atoms with van der Waals surface area (Å²) in [5.41, 5.74) is 10.8. The van der Waals surface area contributed by atoms with Crippen molar-refractivity contribution >= 4 is 41.1 Å². The van der Waals surface area contributed by atoms with Gasteiger partial charge in [-0.15, -0.1) is 0 Å². The van der Waals surface area contributed by atoms with Crippen LogP contribution in [0, 0.1) is 16.0 Å². The molecule has 0 saturated heterocycles. The molecule has 1 aliphatic carbocycles. The van der Waals surface area contributed by atoms with Gasteiger partial charge in [-0.25, -0.2) is 4.79 Å². The molecule has 0 spiro atoms. The SMILES string of the molecule is COC(=O)N[C@@H](C(=O)NCC(=O)N[C@@H](CCCN=C(N)N)C(=O)Nc1ccc([N+](=O)[O-])cc1)C1CCCCC1. The Kier molecular flexibility index (Phi) is 12.4. The third-order valence-corrected chi connectivity index (χ3v) is 6.23. The minimum Gasteiger partial charge on any atom is -0.453 e. The van der Waals surface area contributed by atoms with E-state index in [9.17, 15) is 29.3 Å². The fourth-order valence-electron chi connectivity index (χ4n) is 4.24. The summed E-state index contributed by atoms with van der Waals surface area (Å²) in [7, 11) is 1.20. The summed E-state index contributed by atoms with van der Waals surface area (Å²) >= 11 is 0. The molecule has 2 rings (SSSR count). The molecule has 1 aliphatic rings. The molecule has 1 aromatic rings. The van der Waals surface area contributed by atoms with Gasteiger partial charge in [-0.05, 0) is 43.7 Å². The fraction of sp³-hybridized carbons (Fsp3) is 0.542. The van der Waals surface area contributed by atoms with Gasteiger partial charge in [0.25, 0.3) is 5.69 Å². The summed E-state index contributed by atoms with van der Waals surface area (Å²) in [6.07, 6.45) is 4.22. The number of nitrogens with zero attached hydrogens (tertiary/aromatic N) is 2. The van der Waals surface area contributed by atoms with Crippen molar-refractivity contribution in [3.63, 3.8) is 0 Å². The number of rotatable bonds is 13. The molecule has 8 N–H and O–H groups in total. The number of anilines is 1. The van der Waals surface area contributed by atoms with Gasteiger partial charge in [0.1, 0.15) is 12.1 Å². The summed E-state index contributed by atoms with van der Waals surface area (Å²) in [5, 5.41) is 21.1. The highest BCUT2D eigenvalue weighted by Gasteiger charge is 2.31. The number of hydrogen-bond acceptors (Lipinski definition) is 8. The van der Waals surface area contributed by atoms with Gasteiger partial charge in [0.2, 0.25) is 17.7 Å². The molecule has 15 nitrogen and oxygen atoms in total. The second kappa shape index (κ2) is 15.7. The molecular formula is C24H36N8O7. The molecule has 1 saturated carbocycles. The second-order valence-electron chi connectivity index (χ2n) is 9.09. The molecular weight excluding hydrogens is 512 g/mol. The summed E-state index contributed by atoms with van der Waals surface area (Å²) in [5.74, 6) is -1.92. The number of aliphatic imine (C=N–C) groups is 1. The zero-order valence-corrected chi connectivity index (χ0v) is 21.8. The van der Waals surface area contributed by atoms with Gasteiger partial charge in [0.05, 0.1) is 18.6 Å². The van der Waals surface area contributed by atoms with Crippen LogP contribution < -0.4 is 32.7 Å². The second-order valence-corrected chi connectivity index (χ2v) is 9.09. The van der Waals surface area contributed by atoms with Crippen LogP contribution >= 0.6 is 0 Å². The lowest BCUT2D eigenvalue weighted by molar-refractivity contribution is -0.384. The average Bonchev–Trinajstić information content (AvgIpc) is 2.92. The molecule has 39 heavy (non-hydrogen) atoms. The van der Waals surface area contributed by atoms with E-state index in [2.05, 4.69) is 31.0 Å². The van der Waals surface area contributed by atoms with Gasteiger partial charge in [0, 0.05) is 24.4 Å². The number of benzene rings is 1. The number of methoxy groups -OCH3 is 1. The highest BCUT2D eigenvalue weighted by Crippen LogP contribution is 2.26. The lowest BCUT2D eigenvalue weighted by Crippen LogP contribution is -2.54. The maximum atomic E-state index is 12.9. The number of nitrogens with one attached hydrogen (secondary N) is 4. The topological polar surface area (TPSA) is 233 Å². The number of ether oxygens (including phenoxy) is 1. The molecule has 4 amide bonds. The molecule has 0 bridgehead atoms. The largest absolute Gasteiger partial charge is 0.453 e. The summed E-state index contributed by atoms with van der Waals surface area (Å²) in [6.45, 7) is -0.210. The predicted octanol–water partition coefficient (Wildman–Crippen LogP) is 0.493. The molecule has 0 radical (unpaired) electrons. The van der Waals surface area contributed by atoms with E-state index in [4.69, 9.17) is 11.5 Å². The van der Waals surface area contributed by atoms with Crippen LogP contribution in [0.4, 0.5) is 16.2 Å². The summed E-state index contributed by atoms with van der Waals surface area (Å²) in [6, 6.07) is 3.35. The smallest absolute Gasteiger partial charge is 0.407 e. The Bertz CT molecular complexity index is 1040. The number of non-ortho nitro benzene ring substituents is 1. The van der Waals surface area contributed by atoms with Crippen molar-refractivity contribution in [1.29, 1.82) is 0 Å². The minimum atomic E-state index is -1.01. The Labute approximate surface area is 225 Å². The monoisotopic (exact) mass is 548 g/mol. The van der Waals surface area contributed by atoms with Gasteiger partial charge in [-0.3, -0.25) is 29.5 Å². The number of carbonyl (C=O) groups excluding carboxylic acids is 4. The lowest BCUT2D eigenvalue weighted by atomic mass is 9.83. The quantitative estimate of drug-likeness (QED) is 0.0660. The van der Waals surface area contributed by atoms with Crippen molar-refractivity contribution in [3.05, 3.63) is 34.4 Å². The Morgan fingerprint density at radius 2 is 1.74 bits per heavy atom. The first-order chi connectivity index (χ1) is 18.6. The lowest BCUT2D eigenvalue weighted by Gasteiger charge is -2.29. The molecule has 214 valence electrons. The third kappa shape index (κ3) is 10.8. The Morgan fingerprint density at radius 3 is 2.33 bits per heavy atom. The molecule has 0 aliphatic heterocycles. The van der Waals surface area contributed by atoms with E-state index >= 15 is 0 Å². The average molecular weight is 549 g/mol. The first-order valence-electron chi connectivity index (χ1n) is 12.6. The maximum absolute atomic E-state index is 12.9. The van der Waals surface area contributed by atoms with E-state index in [1.165, 1.54) is 31.4 Å². The number of guanidine groups is 1. The summed E-state index contributed by atoms with van der Waals surface area (Å²) < 4.78 is 4.64. The van der Waals surface area contributed by atoms with Gasteiger partial charge < -0.3 is 37.5 Å². The van der Waals surface area contributed by atoms with Crippen LogP contribution in [0.5, 0.6) is 0 Å². The van der Waals surface area contributed by atoms with Gasteiger partial charge in [-0.1, -0.05) is 19.3 Å². The van der Waals surface area contributed by atoms with Crippen LogP contribution in [0.25, 0.3) is 0 Å². The first-order valence-corrected chi connectivity index (χ1v) is 12.6. The predicted molar refractivity (Wildman–Crippen MR) is 142 cm³/mol. The number of nitro benzene ring substituents is 1. The molecule has 1 fully saturated rings. The zero-order chi connectivity index (χ0) is 28.8. The summed E-state index contributed by atoms with van der Waals surface area (Å²) in [4.78, 5) is 64.4. The van der Waals surface area contributed by atoms with Gasteiger partial charge in [0.15, 0.2) is 5.96 Å². The highest BCUT2D eigenvalue weighted by molar-refractivity contribution is 5.98. The number of amides is 4. The van der Waals surface area contributed by atoms with Crippen LogP contribution in [0.15, 0.2) is 29.3 Å². The Balaban J connectivity index is 2.01. The van der Waals surface area contributed by atoms with E-state index in [0.29, 0.717) is 12.1 Å². The van der Waals surface area contributed by atoms with Gasteiger partial charge in [-0.2, -0.15) is 0 Å². The van der Waals surface area contributed by atoms with E-state index in [-0.39, 0.29) is 30.5 Å². The van der Waals surface area contributed by atoms with Crippen molar-refractivity contribution < 1.29 is 28.8 Å². The number of nitro groups is 1. The van der Waals surface area contributed by atoms with E-state index < -0.39 is 47.4 Å². The van der Waals surface area contributed by atoms with Crippen molar-refractivity contribution in [2.45, 2.75) is 57.0 Å². The van der Waals surface area contributed by atoms with Crippen molar-refractivity contribution in [2.75, 3.05) is 25.5 Å². The van der Waals surface area contributed by atoms with Crippen LogP contribution in [0.3, 0.4) is 0 Å². The molecule has 1 aromatic carbocycles. The number of carbonyl (C=O) groups is 4. The van der Waals surface area contributed by atoms with E-state index in [1.54, 1.807) is 0 Å².